The molecule has 200 valence electrons. The van der Waals surface area contributed by atoms with Crippen molar-refractivity contribution in [3.8, 4) is 0 Å². The number of amides is 1. The SMILES string of the molecule is CCN(CC)CCN(C(=O)c1ccc(S(=O)(=O)N2CCCCCC2)cc1)c1nc2cc(C)cc(C)c2s1. The summed E-state index contributed by atoms with van der Waals surface area (Å²) in [6, 6.07) is 10.6. The highest BCUT2D eigenvalue weighted by Gasteiger charge is 2.27. The number of aromatic nitrogens is 1. The molecule has 0 bridgehead atoms. The van der Waals surface area contributed by atoms with Crippen molar-refractivity contribution in [3.63, 3.8) is 0 Å². The Labute approximate surface area is 225 Å². The van der Waals surface area contributed by atoms with Crippen molar-refractivity contribution < 1.29 is 13.2 Å². The molecule has 1 saturated heterocycles. The highest BCUT2D eigenvalue weighted by Crippen LogP contribution is 2.33. The van der Waals surface area contributed by atoms with Gasteiger partial charge in [0.2, 0.25) is 10.0 Å². The van der Waals surface area contributed by atoms with Crippen LogP contribution >= 0.6 is 11.3 Å². The van der Waals surface area contributed by atoms with Gasteiger partial charge in [0, 0.05) is 31.7 Å². The number of fused-ring (bicyclic) bond motifs is 1. The second-order valence-corrected chi connectivity index (χ2v) is 12.7. The smallest absolute Gasteiger partial charge is 0.260 e. The number of rotatable bonds is 9. The summed E-state index contributed by atoms with van der Waals surface area (Å²) in [6.45, 7) is 12.5. The van der Waals surface area contributed by atoms with E-state index < -0.39 is 10.0 Å². The highest BCUT2D eigenvalue weighted by atomic mass is 32.2. The number of anilines is 1. The Hall–Kier alpha value is -2.33. The van der Waals surface area contributed by atoms with Gasteiger partial charge in [-0.2, -0.15) is 4.31 Å². The number of thiazole rings is 1. The van der Waals surface area contributed by atoms with Crippen molar-refractivity contribution in [3.05, 3.63) is 53.1 Å². The molecule has 1 aliphatic rings. The van der Waals surface area contributed by atoms with E-state index in [4.69, 9.17) is 4.98 Å². The number of nitrogens with zero attached hydrogens (tertiary/aromatic N) is 4. The van der Waals surface area contributed by atoms with E-state index >= 15 is 0 Å². The van der Waals surface area contributed by atoms with E-state index in [9.17, 15) is 13.2 Å². The van der Waals surface area contributed by atoms with E-state index in [-0.39, 0.29) is 10.8 Å². The van der Waals surface area contributed by atoms with Gasteiger partial charge in [0.15, 0.2) is 5.13 Å². The number of carbonyl (C=O) groups excluding carboxylic acids is 1. The number of sulfonamides is 1. The molecule has 4 rings (SSSR count). The first kappa shape index (κ1) is 27.7. The molecule has 37 heavy (non-hydrogen) atoms. The molecule has 0 radical (unpaired) electrons. The van der Waals surface area contributed by atoms with Crippen LogP contribution in [0.4, 0.5) is 5.13 Å². The lowest BCUT2D eigenvalue weighted by molar-refractivity contribution is 0.0983. The van der Waals surface area contributed by atoms with E-state index in [1.54, 1.807) is 33.5 Å². The topological polar surface area (TPSA) is 73.8 Å². The Bertz CT molecular complexity index is 1320. The molecule has 0 unspecified atom stereocenters. The van der Waals surface area contributed by atoms with E-state index in [2.05, 4.69) is 44.7 Å². The van der Waals surface area contributed by atoms with Crippen LogP contribution < -0.4 is 4.90 Å². The zero-order chi connectivity index (χ0) is 26.6. The first-order valence-corrected chi connectivity index (χ1v) is 15.5. The number of hydrogen-bond acceptors (Lipinski definition) is 6. The van der Waals surface area contributed by atoms with Crippen molar-refractivity contribution >= 4 is 42.6 Å². The van der Waals surface area contributed by atoms with E-state index in [1.807, 2.05) is 0 Å². The van der Waals surface area contributed by atoms with Gasteiger partial charge in [-0.25, -0.2) is 13.4 Å². The van der Waals surface area contributed by atoms with Crippen LogP contribution in [0.1, 0.15) is 61.0 Å². The van der Waals surface area contributed by atoms with Gasteiger partial charge in [-0.1, -0.05) is 44.1 Å². The Balaban J connectivity index is 1.63. The molecular formula is C28H38N4O3S2. The van der Waals surface area contributed by atoms with Crippen LogP contribution in [0.25, 0.3) is 10.2 Å². The number of hydrogen-bond donors (Lipinski definition) is 0. The summed E-state index contributed by atoms with van der Waals surface area (Å²) >= 11 is 1.53. The lowest BCUT2D eigenvalue weighted by atomic mass is 10.1. The fourth-order valence-corrected chi connectivity index (χ4v) is 7.46. The lowest BCUT2D eigenvalue weighted by Gasteiger charge is -2.25. The minimum atomic E-state index is -3.56. The van der Waals surface area contributed by atoms with Crippen LogP contribution in [-0.4, -0.2) is 67.8 Å². The van der Waals surface area contributed by atoms with Crippen LogP contribution in [0.3, 0.4) is 0 Å². The molecule has 9 heteroatoms. The third-order valence-electron chi connectivity index (χ3n) is 7.12. The number of likely N-dealkylation sites (N-methyl/N-ethyl adjacent to an activating group) is 1. The first-order valence-electron chi connectivity index (χ1n) is 13.3. The molecular weight excluding hydrogens is 504 g/mol. The summed E-state index contributed by atoms with van der Waals surface area (Å²) in [5, 5.41) is 0.669. The molecule has 3 aromatic rings. The zero-order valence-corrected chi connectivity index (χ0v) is 24.0. The van der Waals surface area contributed by atoms with Crippen LogP contribution in [0.2, 0.25) is 0 Å². The van der Waals surface area contributed by atoms with Crippen LogP contribution in [-0.2, 0) is 10.0 Å². The summed E-state index contributed by atoms with van der Waals surface area (Å²) in [6.07, 6.45) is 3.90. The third-order valence-corrected chi connectivity index (χ3v) is 10.3. The summed E-state index contributed by atoms with van der Waals surface area (Å²) < 4.78 is 29.1. The molecule has 1 aliphatic heterocycles. The normalized spacial score (nSPS) is 15.3. The van der Waals surface area contributed by atoms with Crippen LogP contribution in [0, 0.1) is 13.8 Å². The molecule has 2 heterocycles. The van der Waals surface area contributed by atoms with Crippen molar-refractivity contribution in [1.82, 2.24) is 14.2 Å². The second kappa shape index (κ2) is 12.0. The van der Waals surface area contributed by atoms with E-state index in [0.717, 1.165) is 66.7 Å². The minimum Gasteiger partial charge on any atom is -0.302 e. The summed E-state index contributed by atoms with van der Waals surface area (Å²) in [5.74, 6) is -0.167. The maximum Gasteiger partial charge on any atom is 0.260 e. The minimum absolute atomic E-state index is 0.167. The standard InChI is InChI=1S/C28H38N4O3S2/c1-5-30(6-2)17-18-32(28-29-25-20-21(3)19-22(4)26(25)36-28)27(33)23-11-13-24(14-12-23)37(34,35)31-15-9-7-8-10-16-31/h11-14,19-20H,5-10,15-18H2,1-4H3. The van der Waals surface area contributed by atoms with Gasteiger partial charge in [-0.05, 0) is 81.2 Å². The number of carbonyl (C=O) groups is 1. The Morgan fingerprint density at radius 1 is 0.973 bits per heavy atom. The van der Waals surface area contributed by atoms with Crippen molar-refractivity contribution in [2.45, 2.75) is 58.3 Å². The fraction of sp³-hybridized carbons (Fsp3) is 0.500. The van der Waals surface area contributed by atoms with Crippen molar-refractivity contribution in [2.24, 2.45) is 0 Å². The molecule has 0 atom stereocenters. The van der Waals surface area contributed by atoms with Crippen LogP contribution in [0.5, 0.6) is 0 Å². The molecule has 0 N–H and O–H groups in total. The fourth-order valence-electron chi connectivity index (χ4n) is 4.90. The monoisotopic (exact) mass is 542 g/mol. The van der Waals surface area contributed by atoms with Gasteiger partial charge < -0.3 is 4.90 Å². The van der Waals surface area contributed by atoms with Crippen molar-refractivity contribution in [1.29, 1.82) is 0 Å². The second-order valence-electron chi connectivity index (χ2n) is 9.75. The predicted octanol–water partition coefficient (Wildman–Crippen LogP) is 5.47. The Morgan fingerprint density at radius 3 is 2.24 bits per heavy atom. The van der Waals surface area contributed by atoms with Gasteiger partial charge in [0.25, 0.3) is 5.91 Å². The maximum atomic E-state index is 13.8. The molecule has 2 aromatic carbocycles. The third kappa shape index (κ3) is 6.22. The zero-order valence-electron chi connectivity index (χ0n) is 22.4. The summed E-state index contributed by atoms with van der Waals surface area (Å²) in [4.78, 5) is 22.9. The Morgan fingerprint density at radius 2 is 1.62 bits per heavy atom. The molecule has 1 amide bonds. The average molecular weight is 543 g/mol. The number of aryl methyl sites for hydroxylation is 2. The van der Waals surface area contributed by atoms with Gasteiger partial charge in [0.1, 0.15) is 0 Å². The average Bonchev–Trinajstić information content (AvgIpc) is 3.11. The van der Waals surface area contributed by atoms with Crippen LogP contribution in [0.15, 0.2) is 41.3 Å². The van der Waals surface area contributed by atoms with Gasteiger partial charge in [-0.15, -0.1) is 0 Å². The van der Waals surface area contributed by atoms with E-state index in [0.29, 0.717) is 30.3 Å². The lowest BCUT2D eigenvalue weighted by Crippen LogP contribution is -2.39. The molecule has 7 nitrogen and oxygen atoms in total. The van der Waals surface area contributed by atoms with Gasteiger partial charge in [0.05, 0.1) is 15.1 Å². The number of benzene rings is 2. The largest absolute Gasteiger partial charge is 0.302 e. The maximum absolute atomic E-state index is 13.8. The summed E-state index contributed by atoms with van der Waals surface area (Å²) in [5.41, 5.74) is 3.65. The summed E-state index contributed by atoms with van der Waals surface area (Å²) in [7, 11) is -3.56. The molecule has 0 aliphatic carbocycles. The quantitative estimate of drug-likeness (QED) is 0.359. The molecule has 0 saturated carbocycles. The van der Waals surface area contributed by atoms with E-state index in [1.165, 1.54) is 11.3 Å². The van der Waals surface area contributed by atoms with Gasteiger partial charge in [-0.3, -0.25) is 9.69 Å². The first-order chi connectivity index (χ1) is 17.7. The van der Waals surface area contributed by atoms with Gasteiger partial charge >= 0.3 is 0 Å². The Kier molecular flexibility index (Phi) is 9.00. The van der Waals surface area contributed by atoms with Crippen molar-refractivity contribution in [2.75, 3.05) is 44.2 Å². The molecule has 0 spiro atoms. The molecule has 1 fully saturated rings. The molecule has 1 aromatic heterocycles. The predicted molar refractivity (Wildman–Crippen MR) is 152 cm³/mol. The highest BCUT2D eigenvalue weighted by molar-refractivity contribution is 7.89.